The van der Waals surface area contributed by atoms with Gasteiger partial charge in [0.15, 0.2) is 11.5 Å². The third-order valence-corrected chi connectivity index (χ3v) is 2.17. The van der Waals surface area contributed by atoms with Crippen molar-refractivity contribution in [1.82, 2.24) is 10.2 Å². The Hall–Kier alpha value is -2.37. The average molecular weight is 216 g/mol. The zero-order chi connectivity index (χ0) is 11.5. The first-order valence-electron chi connectivity index (χ1n) is 4.75. The zero-order valence-corrected chi connectivity index (χ0v) is 8.81. The van der Waals surface area contributed by atoms with Crippen LogP contribution in [0.25, 0.3) is 0 Å². The maximum Gasteiger partial charge on any atom is 0.175 e. The predicted octanol–water partition coefficient (Wildman–Crippen LogP) is 2.30. The molecule has 0 aliphatic carbocycles. The van der Waals surface area contributed by atoms with Gasteiger partial charge < -0.3 is 11.5 Å². The summed E-state index contributed by atoms with van der Waals surface area (Å²) in [6, 6.07) is 7.65. The Bertz CT molecular complexity index is 508. The fourth-order valence-electron chi connectivity index (χ4n) is 1.25. The van der Waals surface area contributed by atoms with E-state index < -0.39 is 0 Å². The molecule has 0 saturated heterocycles. The van der Waals surface area contributed by atoms with Gasteiger partial charge in [0.25, 0.3) is 0 Å². The molecule has 1 heterocycles. The van der Waals surface area contributed by atoms with Gasteiger partial charge in [-0.2, -0.15) is 10.2 Å². The van der Waals surface area contributed by atoms with Gasteiger partial charge in [-0.25, -0.2) is 0 Å². The van der Waals surface area contributed by atoms with E-state index in [4.69, 9.17) is 11.5 Å². The first kappa shape index (κ1) is 10.2. The van der Waals surface area contributed by atoms with E-state index in [2.05, 4.69) is 20.4 Å². The number of aromatic nitrogens is 2. The van der Waals surface area contributed by atoms with E-state index in [0.29, 0.717) is 11.5 Å². The Labute approximate surface area is 92.4 Å². The lowest BCUT2D eigenvalue weighted by Gasteiger charge is -1.96. The zero-order valence-electron chi connectivity index (χ0n) is 8.81. The van der Waals surface area contributed by atoms with Crippen molar-refractivity contribution in [2.24, 2.45) is 10.2 Å². The number of nitrogen functional groups attached to an aromatic ring is 2. The number of aryl methyl sites for hydroxylation is 1. The Balaban J connectivity index is 2.32. The number of aromatic amines is 1. The van der Waals surface area contributed by atoms with Gasteiger partial charge >= 0.3 is 0 Å². The third kappa shape index (κ3) is 1.85. The minimum absolute atomic E-state index is 0.245. The van der Waals surface area contributed by atoms with Crippen LogP contribution in [0.3, 0.4) is 0 Å². The Kier molecular flexibility index (Phi) is 2.55. The van der Waals surface area contributed by atoms with E-state index in [1.807, 2.05) is 31.2 Å². The number of hydrogen-bond acceptors (Lipinski definition) is 5. The van der Waals surface area contributed by atoms with Crippen molar-refractivity contribution < 1.29 is 0 Å². The molecular formula is C10H12N6. The topological polar surface area (TPSA) is 105 Å². The van der Waals surface area contributed by atoms with Crippen LogP contribution in [-0.2, 0) is 0 Å². The molecule has 0 aliphatic rings. The number of benzene rings is 1. The molecule has 0 saturated carbocycles. The molecule has 2 aromatic rings. The monoisotopic (exact) mass is 216 g/mol. The number of azo groups is 1. The minimum Gasteiger partial charge on any atom is -0.382 e. The van der Waals surface area contributed by atoms with Gasteiger partial charge in [0.2, 0.25) is 0 Å². The molecule has 2 rings (SSSR count). The second kappa shape index (κ2) is 4.01. The van der Waals surface area contributed by atoms with E-state index >= 15 is 0 Å². The van der Waals surface area contributed by atoms with Crippen LogP contribution in [-0.4, -0.2) is 10.2 Å². The van der Waals surface area contributed by atoms with Crippen molar-refractivity contribution in [2.45, 2.75) is 6.92 Å². The van der Waals surface area contributed by atoms with E-state index in [1.165, 1.54) is 0 Å². The van der Waals surface area contributed by atoms with Gasteiger partial charge in [0.05, 0.1) is 5.69 Å². The number of nitrogens with zero attached hydrogens (tertiary/aromatic N) is 3. The van der Waals surface area contributed by atoms with Crippen molar-refractivity contribution in [1.29, 1.82) is 0 Å². The van der Waals surface area contributed by atoms with Crippen LogP contribution in [0.5, 0.6) is 0 Å². The molecule has 0 radical (unpaired) electrons. The van der Waals surface area contributed by atoms with E-state index in [1.54, 1.807) is 0 Å². The summed E-state index contributed by atoms with van der Waals surface area (Å²) in [6.45, 7) is 1.95. The first-order valence-corrected chi connectivity index (χ1v) is 4.75. The van der Waals surface area contributed by atoms with Gasteiger partial charge in [-0.05, 0) is 18.6 Å². The van der Waals surface area contributed by atoms with E-state index in [0.717, 1.165) is 11.3 Å². The van der Waals surface area contributed by atoms with Crippen LogP contribution >= 0.6 is 0 Å². The second-order valence-corrected chi connectivity index (χ2v) is 3.36. The molecule has 6 nitrogen and oxygen atoms in total. The van der Waals surface area contributed by atoms with Crippen molar-refractivity contribution in [2.75, 3.05) is 11.5 Å². The summed E-state index contributed by atoms with van der Waals surface area (Å²) in [5, 5.41) is 14.3. The maximum atomic E-state index is 5.59. The summed E-state index contributed by atoms with van der Waals surface area (Å²) in [5.74, 6) is 0.560. The first-order chi connectivity index (χ1) is 7.68. The predicted molar refractivity (Wildman–Crippen MR) is 62.8 cm³/mol. The molecule has 0 atom stereocenters. The van der Waals surface area contributed by atoms with Crippen molar-refractivity contribution >= 4 is 23.0 Å². The highest BCUT2D eigenvalue weighted by Gasteiger charge is 2.06. The van der Waals surface area contributed by atoms with Gasteiger partial charge in [0.1, 0.15) is 5.82 Å². The second-order valence-electron chi connectivity index (χ2n) is 3.36. The molecule has 0 bridgehead atoms. The highest BCUT2D eigenvalue weighted by atomic mass is 15.2. The number of anilines is 2. The lowest BCUT2D eigenvalue weighted by atomic mass is 10.2. The highest BCUT2D eigenvalue weighted by molar-refractivity contribution is 5.70. The molecule has 6 heteroatoms. The minimum atomic E-state index is 0.245. The molecular weight excluding hydrogens is 204 g/mol. The van der Waals surface area contributed by atoms with Gasteiger partial charge in [-0.3, -0.25) is 5.10 Å². The van der Waals surface area contributed by atoms with Crippen LogP contribution in [0.4, 0.5) is 23.0 Å². The smallest absolute Gasteiger partial charge is 0.175 e. The highest BCUT2D eigenvalue weighted by Crippen LogP contribution is 2.28. The third-order valence-electron chi connectivity index (χ3n) is 2.17. The molecule has 82 valence electrons. The SMILES string of the molecule is Cc1ccccc1N=Nc1c(N)n[nH]c1N. The largest absolute Gasteiger partial charge is 0.382 e. The molecule has 5 N–H and O–H groups in total. The Morgan fingerprint density at radius 2 is 1.94 bits per heavy atom. The van der Waals surface area contributed by atoms with Crippen LogP contribution < -0.4 is 11.5 Å². The van der Waals surface area contributed by atoms with E-state index in [-0.39, 0.29) is 5.82 Å². The van der Waals surface area contributed by atoms with Crippen LogP contribution in [0.15, 0.2) is 34.5 Å². The Morgan fingerprint density at radius 1 is 1.19 bits per heavy atom. The lowest BCUT2D eigenvalue weighted by Crippen LogP contribution is -1.84. The lowest BCUT2D eigenvalue weighted by molar-refractivity contribution is 1.11. The number of H-pyrrole nitrogens is 1. The summed E-state index contributed by atoms with van der Waals surface area (Å²) < 4.78 is 0. The van der Waals surface area contributed by atoms with Crippen LogP contribution in [0.1, 0.15) is 5.56 Å². The average Bonchev–Trinajstić information content (AvgIpc) is 2.58. The summed E-state index contributed by atoms with van der Waals surface area (Å²) in [4.78, 5) is 0. The Morgan fingerprint density at radius 3 is 2.56 bits per heavy atom. The summed E-state index contributed by atoms with van der Waals surface area (Å²) in [5.41, 5.74) is 13.4. The molecule has 0 fully saturated rings. The number of nitrogens with one attached hydrogen (secondary N) is 1. The number of rotatable bonds is 2. The molecule has 1 aromatic carbocycles. The van der Waals surface area contributed by atoms with Crippen LogP contribution in [0, 0.1) is 6.92 Å². The fraction of sp³-hybridized carbons (Fsp3) is 0.100. The molecule has 0 aliphatic heterocycles. The molecule has 0 amide bonds. The quantitative estimate of drug-likeness (QED) is 0.670. The summed E-state index contributed by atoms with van der Waals surface area (Å²) in [7, 11) is 0. The van der Waals surface area contributed by atoms with Gasteiger partial charge in [-0.15, -0.1) is 5.11 Å². The molecule has 0 unspecified atom stereocenters. The standard InChI is InChI=1S/C10H12N6/c1-6-4-2-3-5-7(6)13-14-8-9(11)15-16-10(8)12/h2-5H,1H3,(H5,11,12,15,16). The molecule has 16 heavy (non-hydrogen) atoms. The molecule has 0 spiro atoms. The van der Waals surface area contributed by atoms with Crippen LogP contribution in [0.2, 0.25) is 0 Å². The van der Waals surface area contributed by atoms with Crippen molar-refractivity contribution in [3.05, 3.63) is 29.8 Å². The normalized spacial score (nSPS) is 11.1. The van der Waals surface area contributed by atoms with Gasteiger partial charge in [0, 0.05) is 0 Å². The number of hydrogen-bond donors (Lipinski definition) is 3. The van der Waals surface area contributed by atoms with Crippen molar-refractivity contribution in [3.63, 3.8) is 0 Å². The fourth-order valence-corrected chi connectivity index (χ4v) is 1.25. The van der Waals surface area contributed by atoms with Crippen molar-refractivity contribution in [3.8, 4) is 0 Å². The molecule has 1 aromatic heterocycles. The van der Waals surface area contributed by atoms with E-state index in [9.17, 15) is 0 Å². The summed E-state index contributed by atoms with van der Waals surface area (Å²) >= 11 is 0. The number of nitrogens with two attached hydrogens (primary N) is 2. The summed E-state index contributed by atoms with van der Waals surface area (Å²) in [6.07, 6.45) is 0. The maximum absolute atomic E-state index is 5.59. The van der Waals surface area contributed by atoms with Gasteiger partial charge in [-0.1, -0.05) is 18.2 Å².